The van der Waals surface area contributed by atoms with Crippen molar-refractivity contribution in [1.82, 2.24) is 15.1 Å². The first-order chi connectivity index (χ1) is 8.37. The Bertz CT molecular complexity index is 382. The van der Waals surface area contributed by atoms with Gasteiger partial charge in [-0.15, -0.1) is 0 Å². The minimum Gasteiger partial charge on any atom is -0.505 e. The van der Waals surface area contributed by atoms with Crippen LogP contribution in [0.3, 0.4) is 0 Å². The summed E-state index contributed by atoms with van der Waals surface area (Å²) in [6.07, 6.45) is 4.29. The van der Waals surface area contributed by atoms with Crippen LogP contribution < -0.4 is 5.32 Å². The van der Waals surface area contributed by atoms with E-state index in [-0.39, 0.29) is 11.8 Å². The molecule has 18 heavy (non-hydrogen) atoms. The molecule has 0 fully saturated rings. The van der Waals surface area contributed by atoms with Crippen LogP contribution in [0.25, 0.3) is 0 Å². The molecule has 0 spiro atoms. The van der Waals surface area contributed by atoms with E-state index in [0.29, 0.717) is 6.54 Å². The summed E-state index contributed by atoms with van der Waals surface area (Å²) in [7, 11) is 0. The van der Waals surface area contributed by atoms with E-state index < -0.39 is 5.60 Å². The Balaban J connectivity index is 2.07. The maximum Gasteiger partial charge on any atom is 0.407 e. The van der Waals surface area contributed by atoms with Crippen molar-refractivity contribution in [2.45, 2.75) is 45.8 Å². The first-order valence-corrected chi connectivity index (χ1v) is 6.05. The van der Waals surface area contributed by atoms with Gasteiger partial charge in [0.2, 0.25) is 0 Å². The van der Waals surface area contributed by atoms with Gasteiger partial charge in [-0.3, -0.25) is 4.68 Å². The van der Waals surface area contributed by atoms with Gasteiger partial charge in [0.05, 0.1) is 12.4 Å². The molecule has 0 radical (unpaired) electrons. The van der Waals surface area contributed by atoms with Crippen molar-refractivity contribution in [3.05, 3.63) is 12.4 Å². The minimum absolute atomic E-state index is 0.168. The smallest absolute Gasteiger partial charge is 0.407 e. The lowest BCUT2D eigenvalue weighted by molar-refractivity contribution is 0.0527. The van der Waals surface area contributed by atoms with Gasteiger partial charge >= 0.3 is 6.09 Å². The molecule has 0 atom stereocenters. The maximum absolute atomic E-state index is 11.3. The number of rotatable bonds is 5. The fraction of sp³-hybridized carbons (Fsp3) is 0.667. The summed E-state index contributed by atoms with van der Waals surface area (Å²) >= 11 is 0. The lowest BCUT2D eigenvalue weighted by Crippen LogP contribution is -2.33. The fourth-order valence-corrected chi connectivity index (χ4v) is 1.38. The molecular weight excluding hydrogens is 234 g/mol. The number of aromatic hydroxyl groups is 1. The Morgan fingerprint density at radius 3 is 2.78 bits per heavy atom. The SMILES string of the molecule is CC(C)(C)OC(=O)NCCCCn1cc(O)cn1. The van der Waals surface area contributed by atoms with Gasteiger partial charge < -0.3 is 15.2 Å². The Hall–Kier alpha value is -1.72. The number of aromatic nitrogens is 2. The summed E-state index contributed by atoms with van der Waals surface area (Å²) in [5.41, 5.74) is -0.462. The molecule has 0 saturated carbocycles. The second-order valence-corrected chi connectivity index (χ2v) is 5.10. The third-order valence-corrected chi connectivity index (χ3v) is 2.10. The summed E-state index contributed by atoms with van der Waals surface area (Å²) in [5.74, 6) is 0.168. The first-order valence-electron chi connectivity index (χ1n) is 6.05. The van der Waals surface area contributed by atoms with E-state index in [0.717, 1.165) is 19.4 Å². The number of ether oxygens (including phenoxy) is 1. The zero-order valence-electron chi connectivity index (χ0n) is 11.1. The average Bonchev–Trinajstić information content (AvgIpc) is 2.61. The summed E-state index contributed by atoms with van der Waals surface area (Å²) < 4.78 is 6.77. The number of hydrogen-bond acceptors (Lipinski definition) is 4. The van der Waals surface area contributed by atoms with Crippen LogP contribution in [-0.2, 0) is 11.3 Å². The predicted molar refractivity (Wildman–Crippen MR) is 67.4 cm³/mol. The molecule has 1 heterocycles. The van der Waals surface area contributed by atoms with Crippen molar-refractivity contribution in [2.24, 2.45) is 0 Å². The number of carbonyl (C=O) groups is 1. The number of hydrogen-bond donors (Lipinski definition) is 2. The van der Waals surface area contributed by atoms with Gasteiger partial charge in [-0.2, -0.15) is 5.10 Å². The van der Waals surface area contributed by atoms with Crippen LogP contribution in [0, 0.1) is 0 Å². The van der Waals surface area contributed by atoms with E-state index in [1.165, 1.54) is 6.20 Å². The molecule has 102 valence electrons. The van der Waals surface area contributed by atoms with Crippen LogP contribution in [-0.4, -0.2) is 33.1 Å². The zero-order chi connectivity index (χ0) is 13.6. The third-order valence-electron chi connectivity index (χ3n) is 2.10. The Morgan fingerprint density at radius 1 is 1.50 bits per heavy atom. The van der Waals surface area contributed by atoms with Crippen LogP contribution in [0.5, 0.6) is 5.75 Å². The third kappa shape index (κ3) is 6.12. The van der Waals surface area contributed by atoms with Crippen LogP contribution in [0.1, 0.15) is 33.6 Å². The van der Waals surface area contributed by atoms with Crippen molar-refractivity contribution in [3.63, 3.8) is 0 Å². The van der Waals surface area contributed by atoms with Gasteiger partial charge in [0, 0.05) is 13.1 Å². The Labute approximate surface area is 107 Å². The molecule has 0 bridgehead atoms. The first kappa shape index (κ1) is 14.3. The normalized spacial score (nSPS) is 11.3. The lowest BCUT2D eigenvalue weighted by atomic mass is 10.2. The second-order valence-electron chi connectivity index (χ2n) is 5.10. The number of unbranched alkanes of at least 4 members (excludes halogenated alkanes) is 1. The van der Waals surface area contributed by atoms with Crippen molar-refractivity contribution in [1.29, 1.82) is 0 Å². The molecule has 0 saturated heterocycles. The summed E-state index contributed by atoms with van der Waals surface area (Å²) in [5, 5.41) is 15.7. The molecule has 2 N–H and O–H groups in total. The monoisotopic (exact) mass is 255 g/mol. The highest BCUT2D eigenvalue weighted by Gasteiger charge is 2.15. The second kappa shape index (κ2) is 6.28. The fourth-order valence-electron chi connectivity index (χ4n) is 1.38. The van der Waals surface area contributed by atoms with Gasteiger partial charge in [-0.25, -0.2) is 4.79 Å². The number of alkyl carbamates (subject to hydrolysis) is 1. The van der Waals surface area contributed by atoms with E-state index in [9.17, 15) is 4.79 Å². The molecule has 0 aliphatic heterocycles. The maximum atomic E-state index is 11.3. The van der Waals surface area contributed by atoms with Crippen LogP contribution in [0.15, 0.2) is 12.4 Å². The van der Waals surface area contributed by atoms with Crippen molar-refractivity contribution < 1.29 is 14.6 Å². The number of nitrogens with one attached hydrogen (secondary N) is 1. The lowest BCUT2D eigenvalue weighted by Gasteiger charge is -2.19. The summed E-state index contributed by atoms with van der Waals surface area (Å²) in [6.45, 7) is 6.78. The number of amides is 1. The molecule has 0 unspecified atom stereocenters. The van der Waals surface area contributed by atoms with Crippen molar-refractivity contribution in [2.75, 3.05) is 6.54 Å². The van der Waals surface area contributed by atoms with Gasteiger partial charge in [0.25, 0.3) is 0 Å². The van der Waals surface area contributed by atoms with Gasteiger partial charge in [0.1, 0.15) is 5.60 Å². The molecule has 1 rings (SSSR count). The molecule has 6 nitrogen and oxygen atoms in total. The van der Waals surface area contributed by atoms with E-state index in [1.54, 1.807) is 10.9 Å². The highest BCUT2D eigenvalue weighted by Crippen LogP contribution is 2.07. The molecule has 1 aromatic rings. The molecule has 0 aromatic carbocycles. The zero-order valence-corrected chi connectivity index (χ0v) is 11.1. The quantitative estimate of drug-likeness (QED) is 0.788. The van der Waals surface area contributed by atoms with Crippen molar-refractivity contribution in [3.8, 4) is 5.75 Å². The molecule has 0 aliphatic carbocycles. The van der Waals surface area contributed by atoms with E-state index in [1.807, 2.05) is 20.8 Å². The molecule has 6 heteroatoms. The number of aryl methyl sites for hydroxylation is 1. The summed E-state index contributed by atoms with van der Waals surface area (Å²) in [4.78, 5) is 11.3. The molecule has 1 amide bonds. The molecule has 1 aromatic heterocycles. The standard InChI is InChI=1S/C12H21N3O3/c1-12(2,3)18-11(17)13-6-4-5-7-15-9-10(16)8-14-15/h8-9,16H,4-7H2,1-3H3,(H,13,17). The highest BCUT2D eigenvalue weighted by molar-refractivity contribution is 5.67. The predicted octanol–water partition coefficient (Wildman–Crippen LogP) is 1.89. The van der Waals surface area contributed by atoms with Gasteiger partial charge in [0.15, 0.2) is 5.75 Å². The molecule has 0 aliphatic rings. The topological polar surface area (TPSA) is 76.4 Å². The van der Waals surface area contributed by atoms with Gasteiger partial charge in [-0.1, -0.05) is 0 Å². The van der Waals surface area contributed by atoms with Crippen LogP contribution >= 0.6 is 0 Å². The van der Waals surface area contributed by atoms with Crippen LogP contribution in [0.4, 0.5) is 4.79 Å². The minimum atomic E-state index is -0.462. The van der Waals surface area contributed by atoms with Crippen LogP contribution in [0.2, 0.25) is 0 Å². The van der Waals surface area contributed by atoms with E-state index in [2.05, 4.69) is 10.4 Å². The highest BCUT2D eigenvalue weighted by atomic mass is 16.6. The van der Waals surface area contributed by atoms with E-state index >= 15 is 0 Å². The largest absolute Gasteiger partial charge is 0.505 e. The average molecular weight is 255 g/mol. The van der Waals surface area contributed by atoms with Gasteiger partial charge in [-0.05, 0) is 33.6 Å². The Kier molecular flexibility index (Phi) is 5.00. The number of carbonyl (C=O) groups excluding carboxylic acids is 1. The summed E-state index contributed by atoms with van der Waals surface area (Å²) in [6, 6.07) is 0. The number of nitrogens with zero attached hydrogens (tertiary/aromatic N) is 2. The Morgan fingerprint density at radius 2 is 2.22 bits per heavy atom. The van der Waals surface area contributed by atoms with Crippen molar-refractivity contribution >= 4 is 6.09 Å². The molecular formula is C12H21N3O3. The van der Waals surface area contributed by atoms with E-state index in [4.69, 9.17) is 9.84 Å².